The summed E-state index contributed by atoms with van der Waals surface area (Å²) >= 11 is 0. The molecule has 5 nitrogen and oxygen atoms in total. The second-order valence-electron chi connectivity index (χ2n) is 4.49. The average molecular weight is 275 g/mol. The number of carbonyl (C=O) groups is 1. The van der Waals surface area contributed by atoms with E-state index in [1.165, 1.54) is 6.07 Å². The van der Waals surface area contributed by atoms with E-state index in [2.05, 4.69) is 5.32 Å². The number of aromatic hydroxyl groups is 1. The van der Waals surface area contributed by atoms with Crippen LogP contribution < -0.4 is 10.1 Å². The molecule has 0 saturated heterocycles. The third-order valence-electron chi connectivity index (χ3n) is 2.79. The predicted octanol–water partition coefficient (Wildman–Crippen LogP) is 2.55. The number of ether oxygens (including phenoxy) is 1. The predicted molar refractivity (Wildman–Crippen MR) is 73.6 cm³/mol. The summed E-state index contributed by atoms with van der Waals surface area (Å²) in [7, 11) is 0. The number of hydrogen-bond donors (Lipinski definition) is 2. The van der Waals surface area contributed by atoms with Crippen LogP contribution in [0.2, 0.25) is 0 Å². The van der Waals surface area contributed by atoms with Gasteiger partial charge in [0.05, 0.1) is 6.04 Å². The first-order valence-electron chi connectivity index (χ1n) is 6.33. The minimum absolute atomic E-state index is 0.00927. The van der Waals surface area contributed by atoms with E-state index in [0.29, 0.717) is 5.76 Å². The Labute approximate surface area is 117 Å². The van der Waals surface area contributed by atoms with E-state index < -0.39 is 0 Å². The minimum Gasteiger partial charge on any atom is -0.504 e. The van der Waals surface area contributed by atoms with Crippen molar-refractivity contribution in [3.8, 4) is 11.5 Å². The van der Waals surface area contributed by atoms with Gasteiger partial charge >= 0.3 is 0 Å². The fraction of sp³-hybridized carbons (Fsp3) is 0.267. The topological polar surface area (TPSA) is 71.7 Å². The number of aryl methyl sites for hydroxylation is 1. The van der Waals surface area contributed by atoms with Crippen LogP contribution in [0, 0.1) is 6.92 Å². The van der Waals surface area contributed by atoms with Crippen LogP contribution in [-0.2, 0) is 4.79 Å². The maximum atomic E-state index is 11.8. The van der Waals surface area contributed by atoms with Crippen molar-refractivity contribution < 1.29 is 19.1 Å². The van der Waals surface area contributed by atoms with Crippen molar-refractivity contribution in [2.45, 2.75) is 19.9 Å². The number of nitrogens with one attached hydrogen (secondary N) is 1. The Hall–Kier alpha value is -2.43. The van der Waals surface area contributed by atoms with Gasteiger partial charge in [-0.1, -0.05) is 12.1 Å². The Bertz CT molecular complexity index is 591. The van der Waals surface area contributed by atoms with Gasteiger partial charge in [0.2, 0.25) is 0 Å². The first-order valence-corrected chi connectivity index (χ1v) is 6.33. The van der Waals surface area contributed by atoms with E-state index in [-0.39, 0.29) is 30.1 Å². The fourth-order valence-electron chi connectivity index (χ4n) is 1.76. The van der Waals surface area contributed by atoms with Crippen LogP contribution in [0.1, 0.15) is 24.5 Å². The van der Waals surface area contributed by atoms with Gasteiger partial charge in [-0.25, -0.2) is 0 Å². The zero-order valence-corrected chi connectivity index (χ0v) is 11.4. The lowest BCUT2D eigenvalue weighted by Crippen LogP contribution is -2.31. The van der Waals surface area contributed by atoms with Gasteiger partial charge in [-0.05, 0) is 38.1 Å². The van der Waals surface area contributed by atoms with Crippen molar-refractivity contribution in [1.29, 1.82) is 0 Å². The van der Waals surface area contributed by atoms with Crippen LogP contribution in [0.15, 0.2) is 40.8 Å². The van der Waals surface area contributed by atoms with E-state index >= 15 is 0 Å². The highest BCUT2D eigenvalue weighted by atomic mass is 16.5. The molecule has 1 aromatic heterocycles. The summed E-state index contributed by atoms with van der Waals surface area (Å²) in [6.07, 6.45) is 0. The molecule has 1 amide bonds. The Morgan fingerprint density at radius 2 is 2.10 bits per heavy atom. The number of para-hydroxylation sites is 2. The molecule has 20 heavy (non-hydrogen) atoms. The van der Waals surface area contributed by atoms with Crippen LogP contribution in [0.3, 0.4) is 0 Å². The van der Waals surface area contributed by atoms with Gasteiger partial charge < -0.3 is 19.6 Å². The highest BCUT2D eigenvalue weighted by Crippen LogP contribution is 2.24. The number of rotatable bonds is 5. The Kier molecular flexibility index (Phi) is 4.30. The van der Waals surface area contributed by atoms with Gasteiger partial charge in [-0.15, -0.1) is 0 Å². The molecule has 0 aliphatic heterocycles. The molecule has 106 valence electrons. The first-order chi connectivity index (χ1) is 9.56. The second-order valence-corrected chi connectivity index (χ2v) is 4.49. The molecule has 5 heteroatoms. The van der Waals surface area contributed by atoms with E-state index in [4.69, 9.17) is 9.15 Å². The van der Waals surface area contributed by atoms with Crippen molar-refractivity contribution in [2.75, 3.05) is 6.61 Å². The molecule has 0 spiro atoms. The normalized spacial score (nSPS) is 11.9. The van der Waals surface area contributed by atoms with Crippen molar-refractivity contribution in [3.05, 3.63) is 47.9 Å². The Morgan fingerprint density at radius 1 is 1.35 bits per heavy atom. The summed E-state index contributed by atoms with van der Waals surface area (Å²) in [6.45, 7) is 3.51. The molecule has 2 aromatic rings. The van der Waals surface area contributed by atoms with Crippen molar-refractivity contribution in [1.82, 2.24) is 5.32 Å². The summed E-state index contributed by atoms with van der Waals surface area (Å²) in [5, 5.41) is 12.3. The molecule has 1 atom stereocenters. The highest BCUT2D eigenvalue weighted by molar-refractivity contribution is 5.78. The van der Waals surface area contributed by atoms with Gasteiger partial charge in [-0.3, -0.25) is 4.79 Å². The summed E-state index contributed by atoms with van der Waals surface area (Å²) in [6, 6.07) is 9.94. The lowest BCUT2D eigenvalue weighted by molar-refractivity contribution is -0.123. The third kappa shape index (κ3) is 3.54. The third-order valence-corrected chi connectivity index (χ3v) is 2.79. The molecule has 2 rings (SSSR count). The standard InChI is InChI=1S/C15H17NO4/c1-10-7-8-13(20-10)11(2)16-15(18)9-19-14-6-4-3-5-12(14)17/h3-8,11,17H,9H2,1-2H3,(H,16,18). The Morgan fingerprint density at radius 3 is 2.75 bits per heavy atom. The molecule has 0 aliphatic carbocycles. The molecular formula is C15H17NO4. The fourth-order valence-corrected chi connectivity index (χ4v) is 1.76. The summed E-state index contributed by atoms with van der Waals surface area (Å²) in [5.41, 5.74) is 0. The van der Waals surface area contributed by atoms with E-state index in [1.807, 2.05) is 26.0 Å². The average Bonchev–Trinajstić information content (AvgIpc) is 2.84. The van der Waals surface area contributed by atoms with E-state index in [9.17, 15) is 9.90 Å². The summed E-state index contributed by atoms with van der Waals surface area (Å²) in [5.74, 6) is 1.50. The molecule has 1 heterocycles. The maximum Gasteiger partial charge on any atom is 0.258 e. The molecule has 0 bridgehead atoms. The quantitative estimate of drug-likeness (QED) is 0.879. The minimum atomic E-state index is -0.283. The maximum absolute atomic E-state index is 11.8. The van der Waals surface area contributed by atoms with Gasteiger partial charge in [0.15, 0.2) is 18.1 Å². The summed E-state index contributed by atoms with van der Waals surface area (Å²) in [4.78, 5) is 11.8. The number of phenols is 1. The number of furan rings is 1. The lowest BCUT2D eigenvalue weighted by atomic mass is 10.2. The molecule has 1 aromatic carbocycles. The lowest BCUT2D eigenvalue weighted by Gasteiger charge is -2.12. The van der Waals surface area contributed by atoms with E-state index in [0.717, 1.165) is 5.76 Å². The van der Waals surface area contributed by atoms with Crippen LogP contribution in [0.5, 0.6) is 11.5 Å². The SMILES string of the molecule is Cc1ccc(C(C)NC(=O)COc2ccccc2O)o1. The van der Waals surface area contributed by atoms with Gasteiger partial charge in [0.25, 0.3) is 5.91 Å². The van der Waals surface area contributed by atoms with Crippen LogP contribution in [0.25, 0.3) is 0 Å². The zero-order chi connectivity index (χ0) is 14.5. The molecule has 1 unspecified atom stereocenters. The van der Waals surface area contributed by atoms with E-state index in [1.54, 1.807) is 18.2 Å². The molecule has 0 saturated carbocycles. The molecule has 0 aliphatic rings. The Balaban J connectivity index is 1.85. The number of carbonyl (C=O) groups excluding carboxylic acids is 1. The molecule has 2 N–H and O–H groups in total. The first kappa shape index (κ1) is 14.0. The molecule has 0 fully saturated rings. The highest BCUT2D eigenvalue weighted by Gasteiger charge is 2.13. The van der Waals surface area contributed by atoms with Crippen molar-refractivity contribution in [3.63, 3.8) is 0 Å². The van der Waals surface area contributed by atoms with Crippen LogP contribution >= 0.6 is 0 Å². The number of hydrogen-bond acceptors (Lipinski definition) is 4. The van der Waals surface area contributed by atoms with Gasteiger partial charge in [-0.2, -0.15) is 0 Å². The van der Waals surface area contributed by atoms with Crippen LogP contribution in [-0.4, -0.2) is 17.6 Å². The molecular weight excluding hydrogens is 258 g/mol. The monoisotopic (exact) mass is 275 g/mol. The number of amides is 1. The zero-order valence-electron chi connectivity index (χ0n) is 11.4. The van der Waals surface area contributed by atoms with Crippen molar-refractivity contribution in [2.24, 2.45) is 0 Å². The van der Waals surface area contributed by atoms with Gasteiger partial charge in [0.1, 0.15) is 11.5 Å². The number of phenolic OH excluding ortho intramolecular Hbond substituents is 1. The number of benzene rings is 1. The largest absolute Gasteiger partial charge is 0.504 e. The van der Waals surface area contributed by atoms with Crippen LogP contribution in [0.4, 0.5) is 0 Å². The second kappa shape index (κ2) is 6.14. The smallest absolute Gasteiger partial charge is 0.258 e. The van der Waals surface area contributed by atoms with Gasteiger partial charge in [0, 0.05) is 0 Å². The summed E-state index contributed by atoms with van der Waals surface area (Å²) < 4.78 is 10.7. The molecule has 0 radical (unpaired) electrons. The van der Waals surface area contributed by atoms with Crippen molar-refractivity contribution >= 4 is 5.91 Å².